The minimum atomic E-state index is 0.0900. The van der Waals surface area contributed by atoms with Crippen molar-refractivity contribution in [2.24, 2.45) is 5.73 Å². The number of benzene rings is 1. The van der Waals surface area contributed by atoms with Crippen LogP contribution in [0.25, 0.3) is 0 Å². The molecule has 1 atom stereocenters. The summed E-state index contributed by atoms with van der Waals surface area (Å²) in [7, 11) is 0. The number of carbonyl (C=O) groups is 1. The molecule has 1 aliphatic rings. The molecule has 0 aromatic heterocycles. The Balaban J connectivity index is 1.85. The molecule has 2 N–H and O–H groups in total. The third kappa shape index (κ3) is 3.47. The van der Waals surface area contributed by atoms with Gasteiger partial charge in [0.1, 0.15) is 5.75 Å². The van der Waals surface area contributed by atoms with Crippen LogP contribution in [0.15, 0.2) is 24.3 Å². The maximum absolute atomic E-state index is 12.1. The lowest BCUT2D eigenvalue weighted by atomic mass is 10.2. The topological polar surface area (TPSA) is 55.6 Å². The van der Waals surface area contributed by atoms with Gasteiger partial charge in [0.2, 0.25) is 0 Å². The third-order valence-electron chi connectivity index (χ3n) is 3.69. The Morgan fingerprint density at radius 1 is 1.42 bits per heavy atom. The number of hydrogen-bond acceptors (Lipinski definition) is 3. The molecule has 4 nitrogen and oxygen atoms in total. The van der Waals surface area contributed by atoms with Crippen LogP contribution >= 0.6 is 0 Å². The summed E-state index contributed by atoms with van der Waals surface area (Å²) in [5.74, 6) is 0.810. The molecule has 4 heteroatoms. The lowest BCUT2D eigenvalue weighted by Gasteiger charge is -2.23. The van der Waals surface area contributed by atoms with Crippen molar-refractivity contribution >= 4 is 5.91 Å². The zero-order valence-electron chi connectivity index (χ0n) is 11.5. The molecule has 1 aromatic rings. The van der Waals surface area contributed by atoms with E-state index in [0.29, 0.717) is 12.6 Å². The lowest BCUT2D eigenvalue weighted by Crippen LogP contribution is -2.38. The molecule has 0 radical (unpaired) electrons. The van der Waals surface area contributed by atoms with Crippen LogP contribution in [0.2, 0.25) is 0 Å². The lowest BCUT2D eigenvalue weighted by molar-refractivity contribution is -0.134. The molecular weight excluding hydrogens is 240 g/mol. The summed E-state index contributed by atoms with van der Waals surface area (Å²) < 4.78 is 5.54. The van der Waals surface area contributed by atoms with E-state index in [0.717, 1.165) is 37.1 Å². The van der Waals surface area contributed by atoms with E-state index in [1.54, 1.807) is 0 Å². The summed E-state index contributed by atoms with van der Waals surface area (Å²) in [6.45, 7) is 3.64. The van der Waals surface area contributed by atoms with Crippen molar-refractivity contribution < 1.29 is 9.53 Å². The Labute approximate surface area is 114 Å². The van der Waals surface area contributed by atoms with E-state index in [9.17, 15) is 4.79 Å². The van der Waals surface area contributed by atoms with E-state index in [2.05, 4.69) is 6.92 Å². The zero-order chi connectivity index (χ0) is 13.7. The van der Waals surface area contributed by atoms with Crippen LogP contribution < -0.4 is 10.5 Å². The molecule has 1 fully saturated rings. The number of hydrogen-bond donors (Lipinski definition) is 1. The Kier molecular flexibility index (Phi) is 4.80. The van der Waals surface area contributed by atoms with Gasteiger partial charge in [-0.3, -0.25) is 4.79 Å². The van der Waals surface area contributed by atoms with Crippen LogP contribution in [0.1, 0.15) is 31.7 Å². The second kappa shape index (κ2) is 6.57. The van der Waals surface area contributed by atoms with Crippen LogP contribution in [-0.4, -0.2) is 30.0 Å². The summed E-state index contributed by atoms with van der Waals surface area (Å²) in [6, 6.07) is 7.96. The number of rotatable bonds is 5. The Morgan fingerprint density at radius 2 is 2.16 bits per heavy atom. The van der Waals surface area contributed by atoms with Crippen molar-refractivity contribution in [3.63, 3.8) is 0 Å². The van der Waals surface area contributed by atoms with Gasteiger partial charge in [-0.1, -0.05) is 19.1 Å². The molecule has 1 saturated heterocycles. The van der Waals surface area contributed by atoms with Gasteiger partial charge >= 0.3 is 0 Å². The largest absolute Gasteiger partial charge is 0.484 e. The SMILES string of the molecule is CCC1CCCN1C(=O)COc1ccc(CN)cc1. The van der Waals surface area contributed by atoms with E-state index < -0.39 is 0 Å². The van der Waals surface area contributed by atoms with E-state index in [1.807, 2.05) is 29.2 Å². The molecule has 2 rings (SSSR count). The highest BCUT2D eigenvalue weighted by molar-refractivity contribution is 5.78. The molecule has 1 amide bonds. The van der Waals surface area contributed by atoms with E-state index >= 15 is 0 Å². The van der Waals surface area contributed by atoms with Gasteiger partial charge in [0.05, 0.1) is 0 Å². The quantitative estimate of drug-likeness (QED) is 0.882. The van der Waals surface area contributed by atoms with Crippen LogP contribution in [0, 0.1) is 0 Å². The number of amides is 1. The second-order valence-electron chi connectivity index (χ2n) is 4.93. The minimum Gasteiger partial charge on any atom is -0.484 e. The molecular formula is C15H22N2O2. The fourth-order valence-corrected chi connectivity index (χ4v) is 2.54. The molecule has 19 heavy (non-hydrogen) atoms. The average Bonchev–Trinajstić information content (AvgIpc) is 2.93. The molecule has 1 heterocycles. The molecule has 1 aliphatic heterocycles. The first kappa shape index (κ1) is 13.9. The van der Waals surface area contributed by atoms with Crippen LogP contribution in [0.4, 0.5) is 0 Å². The molecule has 0 spiro atoms. The van der Waals surface area contributed by atoms with Crippen molar-refractivity contribution in [3.8, 4) is 5.75 Å². The first-order valence-electron chi connectivity index (χ1n) is 6.96. The van der Waals surface area contributed by atoms with Gasteiger partial charge in [-0.25, -0.2) is 0 Å². The van der Waals surface area contributed by atoms with Crippen molar-refractivity contribution in [2.75, 3.05) is 13.2 Å². The van der Waals surface area contributed by atoms with Crippen molar-refractivity contribution in [3.05, 3.63) is 29.8 Å². The number of likely N-dealkylation sites (tertiary alicyclic amines) is 1. The fourth-order valence-electron chi connectivity index (χ4n) is 2.54. The normalized spacial score (nSPS) is 18.6. The van der Waals surface area contributed by atoms with Crippen LogP contribution in [0.5, 0.6) is 5.75 Å². The van der Waals surface area contributed by atoms with Gasteiger partial charge in [0, 0.05) is 19.1 Å². The molecule has 0 bridgehead atoms. The van der Waals surface area contributed by atoms with Crippen LogP contribution in [0.3, 0.4) is 0 Å². The number of ether oxygens (including phenoxy) is 1. The first-order chi connectivity index (χ1) is 9.24. The maximum atomic E-state index is 12.1. The van der Waals surface area contributed by atoms with E-state index in [1.165, 1.54) is 0 Å². The van der Waals surface area contributed by atoms with Gasteiger partial charge in [-0.05, 0) is 37.0 Å². The molecule has 1 aromatic carbocycles. The molecule has 1 unspecified atom stereocenters. The number of nitrogens with two attached hydrogens (primary N) is 1. The summed E-state index contributed by atoms with van der Waals surface area (Å²) in [5, 5.41) is 0. The summed E-state index contributed by atoms with van der Waals surface area (Å²) in [6.07, 6.45) is 3.25. The molecule has 0 aliphatic carbocycles. The van der Waals surface area contributed by atoms with Crippen molar-refractivity contribution in [1.82, 2.24) is 4.90 Å². The highest BCUT2D eigenvalue weighted by Crippen LogP contribution is 2.20. The van der Waals surface area contributed by atoms with Crippen molar-refractivity contribution in [1.29, 1.82) is 0 Å². The van der Waals surface area contributed by atoms with Gasteiger partial charge in [0.15, 0.2) is 6.61 Å². The average molecular weight is 262 g/mol. The standard InChI is InChI=1S/C15H22N2O2/c1-2-13-4-3-9-17(13)15(18)11-19-14-7-5-12(10-16)6-8-14/h5-8,13H,2-4,9-11,16H2,1H3. The predicted octanol–water partition coefficient (Wildman–Crippen LogP) is 1.93. The first-order valence-corrected chi connectivity index (χ1v) is 6.96. The van der Waals surface area contributed by atoms with Crippen molar-refractivity contribution in [2.45, 2.75) is 38.8 Å². The van der Waals surface area contributed by atoms with Crippen LogP contribution in [-0.2, 0) is 11.3 Å². The van der Waals surface area contributed by atoms with E-state index in [4.69, 9.17) is 10.5 Å². The second-order valence-corrected chi connectivity index (χ2v) is 4.93. The highest BCUT2D eigenvalue weighted by Gasteiger charge is 2.27. The molecule has 104 valence electrons. The summed E-state index contributed by atoms with van der Waals surface area (Å²) in [5.41, 5.74) is 6.59. The Bertz CT molecular complexity index is 417. The third-order valence-corrected chi connectivity index (χ3v) is 3.69. The highest BCUT2D eigenvalue weighted by atomic mass is 16.5. The van der Waals surface area contributed by atoms with Gasteiger partial charge in [-0.15, -0.1) is 0 Å². The van der Waals surface area contributed by atoms with Gasteiger partial charge in [-0.2, -0.15) is 0 Å². The fraction of sp³-hybridized carbons (Fsp3) is 0.533. The Morgan fingerprint density at radius 3 is 2.79 bits per heavy atom. The minimum absolute atomic E-state index is 0.0900. The zero-order valence-corrected chi connectivity index (χ0v) is 11.5. The van der Waals surface area contributed by atoms with E-state index in [-0.39, 0.29) is 12.5 Å². The predicted molar refractivity (Wildman–Crippen MR) is 74.9 cm³/mol. The maximum Gasteiger partial charge on any atom is 0.260 e. The monoisotopic (exact) mass is 262 g/mol. The number of carbonyl (C=O) groups excluding carboxylic acids is 1. The smallest absolute Gasteiger partial charge is 0.260 e. The number of nitrogens with zero attached hydrogens (tertiary/aromatic N) is 1. The summed E-state index contributed by atoms with van der Waals surface area (Å²) >= 11 is 0. The van der Waals surface area contributed by atoms with Gasteiger partial charge < -0.3 is 15.4 Å². The summed E-state index contributed by atoms with van der Waals surface area (Å²) in [4.78, 5) is 14.0. The Hall–Kier alpha value is -1.55. The van der Waals surface area contributed by atoms with Gasteiger partial charge in [0.25, 0.3) is 5.91 Å². The molecule has 0 saturated carbocycles.